The Morgan fingerprint density at radius 3 is 2.72 bits per heavy atom. The number of carbonyl (C=O) groups excluding carboxylic acids is 1. The lowest BCUT2D eigenvalue weighted by Crippen LogP contribution is -2.38. The molecule has 1 saturated heterocycles. The van der Waals surface area contributed by atoms with Crippen LogP contribution < -0.4 is 5.32 Å². The van der Waals surface area contributed by atoms with Crippen LogP contribution in [0, 0.1) is 5.92 Å². The topological polar surface area (TPSA) is 89.9 Å². The van der Waals surface area contributed by atoms with Crippen molar-refractivity contribution < 1.29 is 24.1 Å². The van der Waals surface area contributed by atoms with Crippen LogP contribution in [0.3, 0.4) is 0 Å². The summed E-state index contributed by atoms with van der Waals surface area (Å²) in [4.78, 5) is 16.8. The Balaban J connectivity index is 1.37. The predicted molar refractivity (Wildman–Crippen MR) is 155 cm³/mol. The van der Waals surface area contributed by atoms with Gasteiger partial charge in [-0.25, -0.2) is 9.78 Å². The van der Waals surface area contributed by atoms with Gasteiger partial charge in [0.1, 0.15) is 6.61 Å². The Hall–Kier alpha value is -3.21. The highest BCUT2D eigenvalue weighted by Crippen LogP contribution is 2.43. The maximum atomic E-state index is 12.1. The minimum Gasteiger partial charge on any atom is -0.445 e. The van der Waals surface area contributed by atoms with Crippen LogP contribution in [0.5, 0.6) is 0 Å². The van der Waals surface area contributed by atoms with E-state index in [-0.39, 0.29) is 31.3 Å². The third kappa shape index (κ3) is 6.69. The predicted octanol–water partition coefficient (Wildman–Crippen LogP) is 7.11. The number of anilines is 1. The number of aromatic nitrogens is 1. The van der Waals surface area contributed by atoms with E-state index in [4.69, 9.17) is 19.2 Å². The number of benzene rings is 3. The number of amides is 1. The fourth-order valence-corrected chi connectivity index (χ4v) is 6.69. The number of hydrogen-bond acceptors (Lipinski definition) is 8. The van der Waals surface area contributed by atoms with Gasteiger partial charge in [-0.05, 0) is 35.4 Å². The molecule has 4 unspecified atom stereocenters. The molecule has 5 rings (SSSR count). The lowest BCUT2D eigenvalue weighted by Gasteiger charge is -2.41. The van der Waals surface area contributed by atoms with E-state index in [9.17, 15) is 9.90 Å². The SMILES string of the molecule is C=CCOC(=O)Nc1cccc(C2OC(CSc3nc4ccccc4s3)C(C)C(c3ccc(CO)cc3)O2)c1. The van der Waals surface area contributed by atoms with Crippen LogP contribution in [0.4, 0.5) is 10.5 Å². The molecule has 4 aromatic rings. The van der Waals surface area contributed by atoms with Gasteiger partial charge in [-0.3, -0.25) is 5.32 Å². The van der Waals surface area contributed by atoms with Crippen molar-refractivity contribution in [3.8, 4) is 0 Å². The summed E-state index contributed by atoms with van der Waals surface area (Å²) in [7, 11) is 0. The molecule has 0 spiro atoms. The number of carbonyl (C=O) groups is 1. The van der Waals surface area contributed by atoms with Gasteiger partial charge in [0.05, 0.1) is 29.0 Å². The molecule has 4 atom stereocenters. The fourth-order valence-electron chi connectivity index (χ4n) is 4.43. The van der Waals surface area contributed by atoms with Crippen molar-refractivity contribution >= 4 is 45.1 Å². The molecule has 39 heavy (non-hydrogen) atoms. The zero-order valence-corrected chi connectivity index (χ0v) is 23.1. The quantitative estimate of drug-likeness (QED) is 0.166. The van der Waals surface area contributed by atoms with Crippen molar-refractivity contribution in [1.29, 1.82) is 0 Å². The first-order valence-corrected chi connectivity index (χ1v) is 14.5. The van der Waals surface area contributed by atoms with Crippen molar-refractivity contribution in [2.24, 2.45) is 5.92 Å². The van der Waals surface area contributed by atoms with E-state index in [0.29, 0.717) is 11.4 Å². The van der Waals surface area contributed by atoms with E-state index >= 15 is 0 Å². The molecule has 0 saturated carbocycles. The van der Waals surface area contributed by atoms with Gasteiger partial charge in [0.2, 0.25) is 0 Å². The molecule has 1 aliphatic heterocycles. The third-order valence-corrected chi connectivity index (χ3v) is 8.77. The number of fused-ring (bicyclic) bond motifs is 1. The van der Waals surface area contributed by atoms with Crippen LogP contribution in [0.25, 0.3) is 10.2 Å². The van der Waals surface area contributed by atoms with E-state index in [1.165, 1.54) is 6.08 Å². The van der Waals surface area contributed by atoms with Gasteiger partial charge < -0.3 is 19.3 Å². The normalized spacial score (nSPS) is 21.0. The van der Waals surface area contributed by atoms with E-state index in [1.54, 1.807) is 29.2 Å². The zero-order valence-electron chi connectivity index (χ0n) is 21.5. The molecule has 1 aliphatic rings. The maximum Gasteiger partial charge on any atom is 0.411 e. The average Bonchev–Trinajstić information content (AvgIpc) is 3.39. The molecule has 1 fully saturated rings. The van der Waals surface area contributed by atoms with Crippen LogP contribution in [-0.4, -0.2) is 34.6 Å². The molecule has 0 bridgehead atoms. The summed E-state index contributed by atoms with van der Waals surface area (Å²) in [6, 6.07) is 23.4. The van der Waals surface area contributed by atoms with Gasteiger partial charge in [0.25, 0.3) is 0 Å². The third-order valence-electron chi connectivity index (χ3n) is 6.51. The lowest BCUT2D eigenvalue weighted by atomic mass is 9.91. The van der Waals surface area contributed by atoms with Gasteiger partial charge in [-0.2, -0.15) is 0 Å². The monoisotopic (exact) mass is 562 g/mol. The highest BCUT2D eigenvalue weighted by atomic mass is 32.2. The largest absolute Gasteiger partial charge is 0.445 e. The van der Waals surface area contributed by atoms with Crippen molar-refractivity contribution in [1.82, 2.24) is 4.98 Å². The molecule has 202 valence electrons. The van der Waals surface area contributed by atoms with Crippen molar-refractivity contribution in [3.05, 3.63) is 102 Å². The van der Waals surface area contributed by atoms with E-state index in [0.717, 1.165) is 31.2 Å². The summed E-state index contributed by atoms with van der Waals surface area (Å²) < 4.78 is 20.3. The van der Waals surface area contributed by atoms with Crippen molar-refractivity contribution in [2.45, 2.75) is 36.4 Å². The fraction of sp³-hybridized carbons (Fsp3) is 0.267. The van der Waals surface area contributed by atoms with Crippen LogP contribution in [0.15, 0.2) is 89.8 Å². The van der Waals surface area contributed by atoms with E-state index < -0.39 is 12.4 Å². The highest BCUT2D eigenvalue weighted by Gasteiger charge is 2.38. The van der Waals surface area contributed by atoms with Crippen LogP contribution >= 0.6 is 23.1 Å². The standard InChI is InChI=1S/C30H30N2O5S2/c1-3-15-35-29(34)31-23-8-6-7-22(16-23)28-36-25(18-38-30-32-24-9-4-5-10-26(24)39-30)19(2)27(37-28)21-13-11-20(17-33)12-14-21/h3-14,16,19,25,27-28,33H,1,15,17-18H2,2H3,(H,31,34). The Morgan fingerprint density at radius 2 is 1.95 bits per heavy atom. The number of ether oxygens (including phenoxy) is 3. The van der Waals surface area contributed by atoms with Gasteiger partial charge >= 0.3 is 6.09 Å². The molecular formula is C30H30N2O5S2. The second-order valence-corrected chi connectivity index (χ2v) is 11.5. The molecule has 0 aliphatic carbocycles. The Kier molecular flexibility index (Phi) is 8.95. The Labute approximate surface area is 235 Å². The van der Waals surface area contributed by atoms with Crippen LogP contribution in [0.1, 0.15) is 36.0 Å². The summed E-state index contributed by atoms with van der Waals surface area (Å²) in [6.07, 6.45) is -0.0431. The molecule has 1 amide bonds. The molecule has 1 aromatic heterocycles. The van der Waals surface area contributed by atoms with Crippen molar-refractivity contribution in [3.63, 3.8) is 0 Å². The first-order valence-electron chi connectivity index (χ1n) is 12.7. The van der Waals surface area contributed by atoms with Gasteiger partial charge in [0, 0.05) is 22.9 Å². The van der Waals surface area contributed by atoms with Gasteiger partial charge in [-0.15, -0.1) is 11.3 Å². The smallest absolute Gasteiger partial charge is 0.411 e. The molecule has 2 heterocycles. The number of nitrogens with zero attached hydrogens (tertiary/aromatic N) is 1. The number of hydrogen-bond donors (Lipinski definition) is 2. The summed E-state index contributed by atoms with van der Waals surface area (Å²) in [5, 5.41) is 12.2. The first kappa shape index (κ1) is 27.4. The first-order chi connectivity index (χ1) is 19.0. The Morgan fingerprint density at radius 1 is 1.13 bits per heavy atom. The van der Waals surface area contributed by atoms with E-state index in [2.05, 4.69) is 24.9 Å². The van der Waals surface area contributed by atoms with Gasteiger partial charge in [0.15, 0.2) is 10.6 Å². The second-order valence-electron chi connectivity index (χ2n) is 9.22. The Bertz CT molecular complexity index is 1390. The summed E-state index contributed by atoms with van der Waals surface area (Å²) in [5.74, 6) is 0.760. The number of aliphatic hydroxyl groups excluding tert-OH is 1. The van der Waals surface area contributed by atoms with Crippen LogP contribution in [-0.2, 0) is 20.8 Å². The number of aliphatic hydroxyl groups is 1. The minimum absolute atomic E-state index is 0.0104. The molecule has 7 nitrogen and oxygen atoms in total. The maximum absolute atomic E-state index is 12.1. The zero-order chi connectivity index (χ0) is 27.2. The minimum atomic E-state index is -0.643. The summed E-state index contributed by atoms with van der Waals surface area (Å²) >= 11 is 3.37. The highest BCUT2D eigenvalue weighted by molar-refractivity contribution is 8.01. The molecule has 3 aromatic carbocycles. The second kappa shape index (κ2) is 12.8. The molecule has 9 heteroatoms. The molecule has 0 radical (unpaired) electrons. The average molecular weight is 563 g/mol. The molecular weight excluding hydrogens is 532 g/mol. The summed E-state index contributed by atoms with van der Waals surface area (Å²) in [6.45, 7) is 5.81. The van der Waals surface area contributed by atoms with E-state index in [1.807, 2.05) is 60.7 Å². The summed E-state index contributed by atoms with van der Waals surface area (Å²) in [5.41, 5.74) is 4.24. The van der Waals surface area contributed by atoms with Crippen LogP contribution in [0.2, 0.25) is 0 Å². The number of rotatable bonds is 9. The molecule has 2 N–H and O–H groups in total. The van der Waals surface area contributed by atoms with Gasteiger partial charge in [-0.1, -0.05) is 79.9 Å². The van der Waals surface area contributed by atoms with Crippen molar-refractivity contribution in [2.75, 3.05) is 17.7 Å². The number of thioether (sulfide) groups is 1. The number of thiazole rings is 1. The number of nitrogens with one attached hydrogen (secondary N) is 1. The lowest BCUT2D eigenvalue weighted by molar-refractivity contribution is -0.268. The number of para-hydroxylation sites is 1.